The molecular weight excluding hydrogens is 310 g/mol. The predicted octanol–water partition coefficient (Wildman–Crippen LogP) is 2.08. The van der Waals surface area contributed by atoms with Crippen molar-refractivity contribution in [3.63, 3.8) is 0 Å². The largest absolute Gasteiger partial charge is 0.340 e. The fraction of sp³-hybridized carbons (Fsp3) is 0.278. The first-order valence-corrected chi connectivity index (χ1v) is 9.48. The minimum atomic E-state index is -3.00. The molecule has 1 aliphatic rings. The van der Waals surface area contributed by atoms with Gasteiger partial charge >= 0.3 is 0 Å². The van der Waals surface area contributed by atoms with Crippen LogP contribution in [0.1, 0.15) is 17.0 Å². The van der Waals surface area contributed by atoms with Crippen molar-refractivity contribution in [2.24, 2.45) is 0 Å². The Labute approximate surface area is 136 Å². The molecule has 3 rings (SSSR count). The summed E-state index contributed by atoms with van der Waals surface area (Å²) in [5.41, 5.74) is 1.86. The van der Waals surface area contributed by atoms with E-state index in [1.54, 1.807) is 4.90 Å². The Kier molecular flexibility index (Phi) is 4.48. The van der Waals surface area contributed by atoms with Gasteiger partial charge in [0.15, 0.2) is 9.84 Å². The van der Waals surface area contributed by atoms with E-state index >= 15 is 0 Å². The highest BCUT2D eigenvalue weighted by Gasteiger charge is 2.31. The van der Waals surface area contributed by atoms with Crippen molar-refractivity contribution in [1.82, 2.24) is 4.90 Å². The summed E-state index contributed by atoms with van der Waals surface area (Å²) in [4.78, 5) is 14.7. The average molecular weight is 329 g/mol. The fourth-order valence-corrected chi connectivity index (χ4v) is 4.09. The highest BCUT2D eigenvalue weighted by Crippen LogP contribution is 2.27. The van der Waals surface area contributed by atoms with Crippen molar-refractivity contribution in [3.8, 4) is 0 Å². The standard InChI is InChI=1S/C18H19NO3S/c20-18(19-11-13-23(21,22)14-12-19)17(15-7-3-1-4-8-15)16-9-5-2-6-10-16/h1-10,17H,11-14H2. The Morgan fingerprint density at radius 1 is 0.826 bits per heavy atom. The lowest BCUT2D eigenvalue weighted by Crippen LogP contribution is -2.45. The lowest BCUT2D eigenvalue weighted by Gasteiger charge is -2.30. The van der Waals surface area contributed by atoms with Crippen LogP contribution in [0.15, 0.2) is 60.7 Å². The van der Waals surface area contributed by atoms with Crippen LogP contribution in [0.25, 0.3) is 0 Å². The number of rotatable bonds is 3. The molecule has 2 aromatic rings. The van der Waals surface area contributed by atoms with Crippen molar-refractivity contribution in [2.75, 3.05) is 24.6 Å². The number of sulfone groups is 1. The second-order valence-electron chi connectivity index (χ2n) is 5.73. The molecule has 0 aromatic heterocycles. The maximum absolute atomic E-state index is 13.0. The summed E-state index contributed by atoms with van der Waals surface area (Å²) in [6.07, 6.45) is 0. The zero-order valence-corrected chi connectivity index (χ0v) is 13.6. The Morgan fingerprint density at radius 3 is 1.70 bits per heavy atom. The SMILES string of the molecule is O=C(C(c1ccccc1)c1ccccc1)N1CCS(=O)(=O)CC1. The first-order valence-electron chi connectivity index (χ1n) is 7.66. The Balaban J connectivity index is 1.91. The summed E-state index contributed by atoms with van der Waals surface area (Å²) in [6, 6.07) is 19.3. The molecule has 0 N–H and O–H groups in total. The van der Waals surface area contributed by atoms with E-state index in [4.69, 9.17) is 0 Å². The van der Waals surface area contributed by atoms with Crippen molar-refractivity contribution < 1.29 is 13.2 Å². The molecule has 120 valence electrons. The number of hydrogen-bond acceptors (Lipinski definition) is 3. The van der Waals surface area contributed by atoms with E-state index in [1.165, 1.54) is 0 Å². The van der Waals surface area contributed by atoms with Crippen LogP contribution in [0.5, 0.6) is 0 Å². The van der Waals surface area contributed by atoms with Crippen molar-refractivity contribution in [3.05, 3.63) is 71.8 Å². The molecule has 5 heteroatoms. The third-order valence-corrected chi connectivity index (χ3v) is 5.78. The van der Waals surface area contributed by atoms with Crippen molar-refractivity contribution in [1.29, 1.82) is 0 Å². The van der Waals surface area contributed by atoms with E-state index in [0.29, 0.717) is 0 Å². The molecule has 2 aromatic carbocycles. The molecule has 0 radical (unpaired) electrons. The third kappa shape index (κ3) is 3.62. The van der Waals surface area contributed by atoms with Crippen LogP contribution in [-0.4, -0.2) is 43.8 Å². The molecule has 0 unspecified atom stereocenters. The van der Waals surface area contributed by atoms with Crippen LogP contribution >= 0.6 is 0 Å². The Bertz CT molecular complexity index is 719. The summed E-state index contributed by atoms with van der Waals surface area (Å²) >= 11 is 0. The smallest absolute Gasteiger partial charge is 0.234 e. The van der Waals surface area contributed by atoms with Crippen LogP contribution in [0.2, 0.25) is 0 Å². The summed E-state index contributed by atoms with van der Waals surface area (Å²) < 4.78 is 23.2. The average Bonchev–Trinajstić information content (AvgIpc) is 2.57. The molecule has 0 aliphatic carbocycles. The molecule has 0 spiro atoms. The van der Waals surface area contributed by atoms with E-state index < -0.39 is 15.8 Å². The Morgan fingerprint density at radius 2 is 1.26 bits per heavy atom. The number of amides is 1. The molecule has 1 heterocycles. The molecular formula is C18H19NO3S. The van der Waals surface area contributed by atoms with E-state index in [9.17, 15) is 13.2 Å². The Hall–Kier alpha value is -2.14. The maximum atomic E-state index is 13.0. The van der Waals surface area contributed by atoms with Crippen LogP contribution in [0.4, 0.5) is 0 Å². The van der Waals surface area contributed by atoms with Gasteiger partial charge in [-0.05, 0) is 11.1 Å². The highest BCUT2D eigenvalue weighted by atomic mass is 32.2. The molecule has 0 saturated carbocycles. The number of nitrogens with zero attached hydrogens (tertiary/aromatic N) is 1. The molecule has 1 aliphatic heterocycles. The van der Waals surface area contributed by atoms with E-state index in [0.717, 1.165) is 11.1 Å². The van der Waals surface area contributed by atoms with E-state index in [-0.39, 0.29) is 30.5 Å². The second-order valence-corrected chi connectivity index (χ2v) is 8.04. The van der Waals surface area contributed by atoms with Gasteiger partial charge in [-0.15, -0.1) is 0 Å². The van der Waals surface area contributed by atoms with Gasteiger partial charge in [0, 0.05) is 13.1 Å². The van der Waals surface area contributed by atoms with Gasteiger partial charge in [-0.1, -0.05) is 60.7 Å². The first-order chi connectivity index (χ1) is 11.1. The summed E-state index contributed by atoms with van der Waals surface area (Å²) in [5.74, 6) is -0.320. The highest BCUT2D eigenvalue weighted by molar-refractivity contribution is 7.91. The number of carbonyl (C=O) groups is 1. The molecule has 4 nitrogen and oxygen atoms in total. The molecule has 1 saturated heterocycles. The maximum Gasteiger partial charge on any atom is 0.234 e. The van der Waals surface area contributed by atoms with Crippen LogP contribution in [-0.2, 0) is 14.6 Å². The van der Waals surface area contributed by atoms with Crippen LogP contribution < -0.4 is 0 Å². The van der Waals surface area contributed by atoms with E-state index in [1.807, 2.05) is 60.7 Å². The molecule has 1 amide bonds. The topological polar surface area (TPSA) is 54.5 Å². The first kappa shape index (κ1) is 15.7. The molecule has 23 heavy (non-hydrogen) atoms. The lowest BCUT2D eigenvalue weighted by molar-refractivity contribution is -0.131. The fourth-order valence-electron chi connectivity index (χ4n) is 2.88. The summed E-state index contributed by atoms with van der Waals surface area (Å²) in [6.45, 7) is 0.550. The molecule has 0 bridgehead atoms. The molecule has 0 atom stereocenters. The number of benzene rings is 2. The van der Waals surface area contributed by atoms with E-state index in [2.05, 4.69) is 0 Å². The van der Waals surface area contributed by atoms with Gasteiger partial charge < -0.3 is 4.90 Å². The van der Waals surface area contributed by atoms with Crippen molar-refractivity contribution >= 4 is 15.7 Å². The normalized spacial score (nSPS) is 17.2. The van der Waals surface area contributed by atoms with Gasteiger partial charge in [0.05, 0.1) is 17.4 Å². The zero-order chi connectivity index (χ0) is 16.3. The number of hydrogen-bond donors (Lipinski definition) is 0. The van der Waals surface area contributed by atoms with Gasteiger partial charge in [0.2, 0.25) is 5.91 Å². The van der Waals surface area contributed by atoms with Gasteiger partial charge in [-0.3, -0.25) is 4.79 Å². The number of carbonyl (C=O) groups excluding carboxylic acids is 1. The lowest BCUT2D eigenvalue weighted by atomic mass is 9.90. The van der Waals surface area contributed by atoms with Crippen molar-refractivity contribution in [2.45, 2.75) is 5.92 Å². The minimum Gasteiger partial charge on any atom is -0.340 e. The van der Waals surface area contributed by atoms with Crippen LogP contribution in [0, 0.1) is 0 Å². The predicted molar refractivity (Wildman–Crippen MR) is 90.0 cm³/mol. The monoisotopic (exact) mass is 329 g/mol. The summed E-state index contributed by atoms with van der Waals surface area (Å²) in [7, 11) is -3.00. The van der Waals surface area contributed by atoms with Crippen LogP contribution in [0.3, 0.4) is 0 Å². The van der Waals surface area contributed by atoms with Gasteiger partial charge in [-0.25, -0.2) is 8.42 Å². The summed E-state index contributed by atoms with van der Waals surface area (Å²) in [5, 5.41) is 0. The zero-order valence-electron chi connectivity index (χ0n) is 12.8. The second kappa shape index (κ2) is 6.54. The quantitative estimate of drug-likeness (QED) is 0.866. The third-order valence-electron chi connectivity index (χ3n) is 4.17. The van der Waals surface area contributed by atoms with Gasteiger partial charge in [0.1, 0.15) is 0 Å². The van der Waals surface area contributed by atoms with Gasteiger partial charge in [0.25, 0.3) is 0 Å². The van der Waals surface area contributed by atoms with Gasteiger partial charge in [-0.2, -0.15) is 0 Å². The molecule has 1 fully saturated rings. The minimum absolute atomic E-state index is 0.0303.